The monoisotopic (exact) mass is 320 g/mol. The van der Waals surface area contributed by atoms with Crippen LogP contribution in [0.1, 0.15) is 44.1 Å². The van der Waals surface area contributed by atoms with Gasteiger partial charge in [0.2, 0.25) is 0 Å². The van der Waals surface area contributed by atoms with Crippen molar-refractivity contribution in [1.82, 2.24) is 19.8 Å². The van der Waals surface area contributed by atoms with Gasteiger partial charge in [-0.15, -0.1) is 0 Å². The van der Waals surface area contributed by atoms with E-state index in [1.807, 2.05) is 6.33 Å². The van der Waals surface area contributed by atoms with Gasteiger partial charge in [0.1, 0.15) is 0 Å². The number of aromatic nitrogens is 2. The Labute approximate surface area is 140 Å². The van der Waals surface area contributed by atoms with Crippen molar-refractivity contribution >= 4 is 0 Å². The molecule has 1 aromatic heterocycles. The minimum atomic E-state index is 0.511. The van der Waals surface area contributed by atoms with Crippen molar-refractivity contribution < 1.29 is 4.74 Å². The van der Waals surface area contributed by atoms with Gasteiger partial charge >= 0.3 is 0 Å². The van der Waals surface area contributed by atoms with E-state index in [0.717, 1.165) is 25.5 Å². The molecule has 0 radical (unpaired) electrons. The zero-order valence-electron chi connectivity index (χ0n) is 14.9. The van der Waals surface area contributed by atoms with Crippen molar-refractivity contribution in [3.05, 3.63) is 17.7 Å². The highest BCUT2D eigenvalue weighted by Crippen LogP contribution is 2.38. The van der Waals surface area contributed by atoms with E-state index >= 15 is 0 Å². The molecule has 1 aromatic rings. The molecule has 0 spiro atoms. The lowest BCUT2D eigenvalue weighted by Crippen LogP contribution is -2.45. The van der Waals surface area contributed by atoms with Gasteiger partial charge in [0.25, 0.3) is 0 Å². The summed E-state index contributed by atoms with van der Waals surface area (Å²) >= 11 is 0. The Morgan fingerprint density at radius 3 is 2.78 bits per heavy atom. The molecule has 23 heavy (non-hydrogen) atoms. The van der Waals surface area contributed by atoms with E-state index in [2.05, 4.69) is 28.6 Å². The third kappa shape index (κ3) is 3.95. The number of hydrogen-bond acceptors (Lipinski definition) is 4. The molecule has 2 aliphatic heterocycles. The van der Waals surface area contributed by atoms with Crippen molar-refractivity contribution in [2.45, 2.75) is 39.2 Å². The fourth-order valence-electron chi connectivity index (χ4n) is 4.26. The van der Waals surface area contributed by atoms with Crippen LogP contribution >= 0.6 is 0 Å². The molecule has 1 N–H and O–H groups in total. The number of likely N-dealkylation sites (tertiary alicyclic amines) is 1. The summed E-state index contributed by atoms with van der Waals surface area (Å²) in [7, 11) is 1.79. The molecule has 1 atom stereocenters. The molecule has 0 saturated carbocycles. The molecule has 5 heteroatoms. The van der Waals surface area contributed by atoms with Crippen LogP contribution in [0, 0.1) is 11.8 Å². The Morgan fingerprint density at radius 2 is 2.09 bits per heavy atom. The summed E-state index contributed by atoms with van der Waals surface area (Å²) in [4.78, 5) is 13.3. The van der Waals surface area contributed by atoms with Crippen molar-refractivity contribution in [2.75, 3.05) is 46.4 Å². The first-order chi connectivity index (χ1) is 11.2. The number of fused-ring (bicyclic) bond motifs is 1. The topological polar surface area (TPSA) is 44.4 Å². The summed E-state index contributed by atoms with van der Waals surface area (Å²) in [6, 6.07) is 0.511. The number of H-pyrrole nitrogens is 1. The highest BCUT2D eigenvalue weighted by Gasteiger charge is 2.37. The van der Waals surface area contributed by atoms with Crippen LogP contribution in [-0.4, -0.2) is 66.2 Å². The molecule has 1 saturated heterocycles. The van der Waals surface area contributed by atoms with Crippen LogP contribution in [0.5, 0.6) is 0 Å². The number of aromatic amines is 1. The number of imidazole rings is 1. The smallest absolute Gasteiger partial charge is 0.0925 e. The quantitative estimate of drug-likeness (QED) is 0.874. The predicted molar refractivity (Wildman–Crippen MR) is 92.5 cm³/mol. The van der Waals surface area contributed by atoms with Crippen LogP contribution in [0.4, 0.5) is 0 Å². The Balaban J connectivity index is 1.68. The lowest BCUT2D eigenvalue weighted by atomic mass is 9.83. The molecule has 0 amide bonds. The van der Waals surface area contributed by atoms with E-state index in [1.54, 1.807) is 7.11 Å². The lowest BCUT2D eigenvalue weighted by Gasteiger charge is -2.43. The largest absolute Gasteiger partial charge is 0.383 e. The molecule has 130 valence electrons. The Morgan fingerprint density at radius 1 is 1.30 bits per heavy atom. The number of piperidine rings is 1. The summed E-state index contributed by atoms with van der Waals surface area (Å²) in [5.74, 6) is 1.44. The average Bonchev–Trinajstić information content (AvgIpc) is 3.01. The first-order valence-electron chi connectivity index (χ1n) is 9.16. The second-order valence-corrected chi connectivity index (χ2v) is 7.52. The van der Waals surface area contributed by atoms with Crippen LogP contribution in [0.2, 0.25) is 0 Å². The van der Waals surface area contributed by atoms with E-state index in [-0.39, 0.29) is 0 Å². The van der Waals surface area contributed by atoms with Crippen LogP contribution in [0.25, 0.3) is 0 Å². The van der Waals surface area contributed by atoms with Crippen LogP contribution in [-0.2, 0) is 11.2 Å². The maximum absolute atomic E-state index is 5.22. The minimum Gasteiger partial charge on any atom is -0.383 e. The van der Waals surface area contributed by atoms with Gasteiger partial charge in [0, 0.05) is 38.9 Å². The summed E-state index contributed by atoms with van der Waals surface area (Å²) in [6.45, 7) is 11.3. The molecule has 5 nitrogen and oxygen atoms in total. The molecule has 3 rings (SSSR count). The number of hydrogen-bond donors (Lipinski definition) is 1. The number of rotatable bonds is 6. The first-order valence-corrected chi connectivity index (χ1v) is 9.16. The number of nitrogens with zero attached hydrogens (tertiary/aromatic N) is 3. The first kappa shape index (κ1) is 16.9. The van der Waals surface area contributed by atoms with Gasteiger partial charge < -0.3 is 14.6 Å². The zero-order chi connectivity index (χ0) is 16.2. The van der Waals surface area contributed by atoms with Crippen LogP contribution in [0.15, 0.2) is 6.33 Å². The van der Waals surface area contributed by atoms with Crippen LogP contribution in [0.3, 0.4) is 0 Å². The second kappa shape index (κ2) is 7.77. The van der Waals surface area contributed by atoms with E-state index < -0.39 is 0 Å². The highest BCUT2D eigenvalue weighted by molar-refractivity contribution is 5.21. The molecule has 1 fully saturated rings. The molecule has 0 bridgehead atoms. The molecular formula is C18H32N4O. The standard InChI is InChI=1S/C18H32N4O/c1-14(2)12-22-9-6-16-17(20-13-19-16)18(22)15-4-7-21(8-5-15)10-11-23-3/h13-15,18H,4-12H2,1-3H3,(H,19,20)/t18-/m0/s1. The van der Waals surface area contributed by atoms with Gasteiger partial charge in [0.05, 0.1) is 24.7 Å². The average molecular weight is 320 g/mol. The SMILES string of the molecule is COCCN1CCC([C@H]2c3nc[nH]c3CCN2CC(C)C)CC1. The minimum absolute atomic E-state index is 0.511. The fraction of sp³-hybridized carbons (Fsp3) is 0.833. The number of methoxy groups -OCH3 is 1. The Hall–Kier alpha value is -0.910. The third-order valence-corrected chi connectivity index (χ3v) is 5.36. The molecule has 0 unspecified atom stereocenters. The zero-order valence-corrected chi connectivity index (χ0v) is 14.9. The summed E-state index contributed by atoms with van der Waals surface area (Å²) in [5.41, 5.74) is 2.70. The molecule has 2 aliphatic rings. The molecule has 0 aliphatic carbocycles. The van der Waals surface area contributed by atoms with Crippen molar-refractivity contribution in [1.29, 1.82) is 0 Å². The summed E-state index contributed by atoms with van der Waals surface area (Å²) < 4.78 is 5.22. The van der Waals surface area contributed by atoms with E-state index in [4.69, 9.17) is 9.72 Å². The van der Waals surface area contributed by atoms with Gasteiger partial charge in [-0.2, -0.15) is 0 Å². The molecular weight excluding hydrogens is 288 g/mol. The maximum Gasteiger partial charge on any atom is 0.0925 e. The van der Waals surface area contributed by atoms with E-state index in [0.29, 0.717) is 12.0 Å². The highest BCUT2D eigenvalue weighted by atomic mass is 16.5. The van der Waals surface area contributed by atoms with Gasteiger partial charge in [-0.3, -0.25) is 4.90 Å². The Kier molecular flexibility index (Phi) is 5.72. The Bertz CT molecular complexity index is 479. The van der Waals surface area contributed by atoms with Gasteiger partial charge in [-0.1, -0.05) is 13.8 Å². The predicted octanol–water partition coefficient (Wildman–Crippen LogP) is 2.32. The van der Waals surface area contributed by atoms with Gasteiger partial charge in [-0.05, 0) is 37.8 Å². The van der Waals surface area contributed by atoms with Gasteiger partial charge in [-0.25, -0.2) is 4.98 Å². The van der Waals surface area contributed by atoms with Crippen LogP contribution < -0.4 is 0 Å². The van der Waals surface area contributed by atoms with Crippen molar-refractivity contribution in [3.63, 3.8) is 0 Å². The molecule has 3 heterocycles. The third-order valence-electron chi connectivity index (χ3n) is 5.36. The fourth-order valence-corrected chi connectivity index (χ4v) is 4.26. The van der Waals surface area contributed by atoms with Crippen molar-refractivity contribution in [3.8, 4) is 0 Å². The summed E-state index contributed by atoms with van der Waals surface area (Å²) in [5, 5.41) is 0. The maximum atomic E-state index is 5.22. The van der Waals surface area contributed by atoms with Gasteiger partial charge in [0.15, 0.2) is 0 Å². The normalized spacial score (nSPS) is 24.3. The summed E-state index contributed by atoms with van der Waals surface area (Å²) in [6.07, 6.45) is 5.56. The van der Waals surface area contributed by atoms with E-state index in [1.165, 1.54) is 50.4 Å². The molecule has 0 aromatic carbocycles. The lowest BCUT2D eigenvalue weighted by molar-refractivity contribution is 0.0591. The second-order valence-electron chi connectivity index (χ2n) is 7.52. The number of ether oxygens (including phenoxy) is 1. The van der Waals surface area contributed by atoms with Crippen molar-refractivity contribution in [2.24, 2.45) is 11.8 Å². The van der Waals surface area contributed by atoms with E-state index in [9.17, 15) is 0 Å². The number of nitrogens with one attached hydrogen (secondary N) is 1.